The number of carboxylic acids is 1. The average molecular weight is 261 g/mol. The first-order valence-corrected chi connectivity index (χ1v) is 6.90. The molecule has 0 aliphatic rings. The SMILES string of the molecule is CC/C(=C/CNc1c(CC)cccc1CC)C(=O)O. The summed E-state index contributed by atoms with van der Waals surface area (Å²) in [7, 11) is 0. The van der Waals surface area contributed by atoms with Crippen molar-refractivity contribution in [1.82, 2.24) is 0 Å². The van der Waals surface area contributed by atoms with E-state index in [9.17, 15) is 4.79 Å². The number of carbonyl (C=O) groups is 1. The highest BCUT2D eigenvalue weighted by Gasteiger charge is 2.06. The van der Waals surface area contributed by atoms with Gasteiger partial charge in [-0.3, -0.25) is 0 Å². The van der Waals surface area contributed by atoms with Crippen LogP contribution in [0.3, 0.4) is 0 Å². The second-order valence-corrected chi connectivity index (χ2v) is 4.43. The zero-order valence-corrected chi connectivity index (χ0v) is 12.0. The maximum absolute atomic E-state index is 10.9. The van der Waals surface area contributed by atoms with Crippen LogP contribution in [0.1, 0.15) is 38.3 Å². The standard InChI is InChI=1S/C16H23NO2/c1-4-12-8-7-9-13(5-2)15(12)17-11-10-14(6-3)16(18)19/h7-10,17H,4-6,11H2,1-3H3,(H,18,19)/b14-10-. The third-order valence-corrected chi connectivity index (χ3v) is 3.28. The molecular formula is C16H23NO2. The molecule has 0 bridgehead atoms. The van der Waals surface area contributed by atoms with Crippen molar-refractivity contribution in [3.8, 4) is 0 Å². The van der Waals surface area contributed by atoms with Crippen molar-refractivity contribution >= 4 is 11.7 Å². The molecule has 0 aliphatic heterocycles. The molecule has 1 aromatic carbocycles. The van der Waals surface area contributed by atoms with Crippen molar-refractivity contribution in [3.05, 3.63) is 41.0 Å². The molecule has 0 aliphatic carbocycles. The van der Waals surface area contributed by atoms with Crippen LogP contribution < -0.4 is 5.32 Å². The Labute approximate surface area is 115 Å². The van der Waals surface area contributed by atoms with Gasteiger partial charge in [-0.15, -0.1) is 0 Å². The van der Waals surface area contributed by atoms with Gasteiger partial charge in [-0.2, -0.15) is 0 Å². The Morgan fingerprint density at radius 1 is 1.21 bits per heavy atom. The Hall–Kier alpha value is -1.77. The van der Waals surface area contributed by atoms with Gasteiger partial charge in [0, 0.05) is 17.8 Å². The lowest BCUT2D eigenvalue weighted by Gasteiger charge is -2.14. The summed E-state index contributed by atoms with van der Waals surface area (Å²) >= 11 is 0. The summed E-state index contributed by atoms with van der Waals surface area (Å²) < 4.78 is 0. The van der Waals surface area contributed by atoms with Crippen molar-refractivity contribution in [3.63, 3.8) is 0 Å². The summed E-state index contributed by atoms with van der Waals surface area (Å²) in [4.78, 5) is 10.9. The first kappa shape index (κ1) is 15.3. The Morgan fingerprint density at radius 2 is 1.79 bits per heavy atom. The zero-order valence-electron chi connectivity index (χ0n) is 12.0. The van der Waals surface area contributed by atoms with Gasteiger partial charge in [-0.1, -0.05) is 45.0 Å². The van der Waals surface area contributed by atoms with Crippen LogP contribution in [0.4, 0.5) is 5.69 Å². The predicted molar refractivity (Wildman–Crippen MR) is 79.7 cm³/mol. The summed E-state index contributed by atoms with van der Waals surface area (Å²) in [6, 6.07) is 6.31. The maximum Gasteiger partial charge on any atom is 0.331 e. The molecule has 0 saturated carbocycles. The van der Waals surface area contributed by atoms with E-state index in [1.165, 1.54) is 11.1 Å². The topological polar surface area (TPSA) is 49.3 Å². The van der Waals surface area contributed by atoms with E-state index in [1.807, 2.05) is 6.92 Å². The van der Waals surface area contributed by atoms with Crippen LogP contribution in [0, 0.1) is 0 Å². The van der Waals surface area contributed by atoms with Crippen molar-refractivity contribution in [2.45, 2.75) is 40.0 Å². The molecule has 0 fully saturated rings. The molecule has 0 amide bonds. The molecule has 0 atom stereocenters. The largest absolute Gasteiger partial charge is 0.478 e. The fourth-order valence-electron chi connectivity index (χ4n) is 2.13. The van der Waals surface area contributed by atoms with Crippen LogP contribution in [0.5, 0.6) is 0 Å². The molecule has 0 radical (unpaired) electrons. The molecule has 1 aromatic rings. The lowest BCUT2D eigenvalue weighted by molar-refractivity contribution is -0.132. The van der Waals surface area contributed by atoms with Gasteiger partial charge >= 0.3 is 5.97 Å². The summed E-state index contributed by atoms with van der Waals surface area (Å²) in [5.74, 6) is -0.830. The number of benzene rings is 1. The Morgan fingerprint density at radius 3 is 2.21 bits per heavy atom. The lowest BCUT2D eigenvalue weighted by atomic mass is 10.0. The summed E-state index contributed by atoms with van der Waals surface area (Å²) in [6.07, 6.45) is 4.25. The van der Waals surface area contributed by atoms with Crippen LogP contribution in [-0.2, 0) is 17.6 Å². The number of rotatable bonds is 7. The van der Waals surface area contributed by atoms with Crippen LogP contribution in [0.15, 0.2) is 29.8 Å². The molecule has 0 saturated heterocycles. The number of nitrogens with one attached hydrogen (secondary N) is 1. The number of aryl methyl sites for hydroxylation is 2. The van der Waals surface area contributed by atoms with Crippen LogP contribution in [-0.4, -0.2) is 17.6 Å². The minimum Gasteiger partial charge on any atom is -0.478 e. The average Bonchev–Trinajstić information content (AvgIpc) is 2.42. The van der Waals surface area contributed by atoms with Gasteiger partial charge in [0.1, 0.15) is 0 Å². The predicted octanol–water partition coefficient (Wildman–Crippen LogP) is 3.64. The van der Waals surface area contributed by atoms with Gasteiger partial charge in [0.05, 0.1) is 0 Å². The smallest absolute Gasteiger partial charge is 0.331 e. The number of hydrogen-bond donors (Lipinski definition) is 2. The van der Waals surface area contributed by atoms with Gasteiger partial charge in [0.15, 0.2) is 0 Å². The molecule has 0 aromatic heterocycles. The van der Waals surface area contributed by atoms with E-state index < -0.39 is 5.97 Å². The molecule has 104 valence electrons. The van der Waals surface area contributed by atoms with Gasteiger partial charge in [0.25, 0.3) is 0 Å². The summed E-state index contributed by atoms with van der Waals surface area (Å²) in [5, 5.41) is 12.3. The fraction of sp³-hybridized carbons (Fsp3) is 0.438. The Kier molecular flexibility index (Phi) is 6.13. The number of para-hydroxylation sites is 1. The van der Waals surface area contributed by atoms with E-state index in [2.05, 4.69) is 37.4 Å². The first-order valence-electron chi connectivity index (χ1n) is 6.90. The van der Waals surface area contributed by atoms with E-state index in [4.69, 9.17) is 5.11 Å². The van der Waals surface area contributed by atoms with Crippen molar-refractivity contribution in [2.75, 3.05) is 11.9 Å². The van der Waals surface area contributed by atoms with Gasteiger partial charge < -0.3 is 10.4 Å². The fourth-order valence-corrected chi connectivity index (χ4v) is 2.13. The van der Waals surface area contributed by atoms with E-state index in [0.717, 1.165) is 18.5 Å². The minimum atomic E-state index is -0.830. The van der Waals surface area contributed by atoms with Crippen molar-refractivity contribution in [2.24, 2.45) is 0 Å². The highest BCUT2D eigenvalue weighted by molar-refractivity contribution is 5.86. The number of carboxylic acid groups (broad SMARTS) is 1. The second-order valence-electron chi connectivity index (χ2n) is 4.43. The van der Waals surface area contributed by atoms with Crippen molar-refractivity contribution in [1.29, 1.82) is 0 Å². The third kappa shape index (κ3) is 4.12. The molecule has 0 heterocycles. The van der Waals surface area contributed by atoms with Crippen LogP contribution >= 0.6 is 0 Å². The lowest BCUT2D eigenvalue weighted by Crippen LogP contribution is -2.08. The molecule has 3 heteroatoms. The van der Waals surface area contributed by atoms with Gasteiger partial charge in [-0.05, 0) is 30.4 Å². The molecule has 19 heavy (non-hydrogen) atoms. The van der Waals surface area contributed by atoms with Crippen LogP contribution in [0.2, 0.25) is 0 Å². The monoisotopic (exact) mass is 261 g/mol. The second kappa shape index (κ2) is 7.62. The van der Waals surface area contributed by atoms with Crippen LogP contribution in [0.25, 0.3) is 0 Å². The summed E-state index contributed by atoms with van der Waals surface area (Å²) in [5.41, 5.74) is 4.17. The quantitative estimate of drug-likeness (QED) is 0.737. The van der Waals surface area contributed by atoms with Gasteiger partial charge in [-0.25, -0.2) is 4.79 Å². The molecular weight excluding hydrogens is 238 g/mol. The third-order valence-electron chi connectivity index (χ3n) is 3.28. The molecule has 3 nitrogen and oxygen atoms in total. The minimum absolute atomic E-state index is 0.458. The maximum atomic E-state index is 10.9. The Balaban J connectivity index is 2.85. The molecule has 1 rings (SSSR count). The Bertz CT molecular complexity index is 442. The normalized spacial score (nSPS) is 11.4. The van der Waals surface area contributed by atoms with E-state index in [0.29, 0.717) is 18.5 Å². The number of hydrogen-bond acceptors (Lipinski definition) is 2. The van der Waals surface area contributed by atoms with Gasteiger partial charge in [0.2, 0.25) is 0 Å². The molecule has 0 unspecified atom stereocenters. The number of anilines is 1. The number of aliphatic carboxylic acids is 1. The highest BCUT2D eigenvalue weighted by atomic mass is 16.4. The van der Waals surface area contributed by atoms with Crippen molar-refractivity contribution < 1.29 is 9.90 Å². The van der Waals surface area contributed by atoms with E-state index >= 15 is 0 Å². The van der Waals surface area contributed by atoms with E-state index in [-0.39, 0.29) is 0 Å². The van der Waals surface area contributed by atoms with E-state index in [1.54, 1.807) is 6.08 Å². The molecule has 0 spiro atoms. The highest BCUT2D eigenvalue weighted by Crippen LogP contribution is 2.22. The molecule has 2 N–H and O–H groups in total. The first-order chi connectivity index (χ1) is 9.13. The zero-order chi connectivity index (χ0) is 14.3. The summed E-state index contributed by atoms with van der Waals surface area (Å²) in [6.45, 7) is 6.67.